The predicted octanol–water partition coefficient (Wildman–Crippen LogP) is -0.588. The zero-order chi connectivity index (χ0) is 11.3. The fraction of sp³-hybridized carbons (Fsp3) is 0.800. The topological polar surface area (TPSA) is 58.6 Å². The third-order valence-electron chi connectivity index (χ3n) is 2.59. The van der Waals surface area contributed by atoms with Crippen molar-refractivity contribution in [3.05, 3.63) is 0 Å². The Kier molecular flexibility index (Phi) is 4.71. The second-order valence-electron chi connectivity index (χ2n) is 3.53. The van der Waals surface area contributed by atoms with E-state index in [9.17, 15) is 9.59 Å². The molecule has 0 bridgehead atoms. The van der Waals surface area contributed by atoms with Crippen molar-refractivity contribution >= 4 is 11.8 Å². The molecule has 0 aromatic carbocycles. The zero-order valence-corrected chi connectivity index (χ0v) is 9.28. The second kappa shape index (κ2) is 5.82. The Morgan fingerprint density at radius 2 is 2.00 bits per heavy atom. The van der Waals surface area contributed by atoms with Crippen molar-refractivity contribution in [3.63, 3.8) is 0 Å². The van der Waals surface area contributed by atoms with Gasteiger partial charge in [0.1, 0.15) is 0 Å². The van der Waals surface area contributed by atoms with Crippen LogP contribution in [0.3, 0.4) is 0 Å². The van der Waals surface area contributed by atoms with E-state index in [1.165, 1.54) is 7.11 Å². The number of rotatable bonds is 4. The number of methoxy groups -OCH3 is 1. The van der Waals surface area contributed by atoms with E-state index in [0.29, 0.717) is 19.5 Å². The third-order valence-corrected chi connectivity index (χ3v) is 2.59. The molecular formula is C10H18N2O3. The van der Waals surface area contributed by atoms with Gasteiger partial charge < -0.3 is 10.1 Å². The van der Waals surface area contributed by atoms with E-state index in [-0.39, 0.29) is 5.78 Å². The summed E-state index contributed by atoms with van der Waals surface area (Å²) in [5.41, 5.74) is 0. The van der Waals surface area contributed by atoms with Crippen LogP contribution in [0.4, 0.5) is 0 Å². The van der Waals surface area contributed by atoms with Crippen molar-refractivity contribution in [1.29, 1.82) is 0 Å². The highest BCUT2D eigenvalue weighted by atomic mass is 16.5. The van der Waals surface area contributed by atoms with Crippen LogP contribution in [0.2, 0.25) is 0 Å². The Hall–Kier alpha value is -0.940. The highest BCUT2D eigenvalue weighted by Crippen LogP contribution is 2.07. The number of carbonyl (C=O) groups is 2. The number of hydrogen-bond donors (Lipinski definition) is 1. The summed E-state index contributed by atoms with van der Waals surface area (Å²) in [7, 11) is 1.32. The Morgan fingerprint density at radius 3 is 2.47 bits per heavy atom. The van der Waals surface area contributed by atoms with Gasteiger partial charge in [0.15, 0.2) is 11.8 Å². The summed E-state index contributed by atoms with van der Waals surface area (Å²) in [6.45, 7) is 4.81. The van der Waals surface area contributed by atoms with E-state index < -0.39 is 12.0 Å². The van der Waals surface area contributed by atoms with Crippen molar-refractivity contribution in [2.45, 2.75) is 19.4 Å². The molecule has 1 aliphatic rings. The molecule has 1 unspecified atom stereocenters. The van der Waals surface area contributed by atoms with Gasteiger partial charge in [-0.3, -0.25) is 9.69 Å². The van der Waals surface area contributed by atoms with Crippen LogP contribution in [0.15, 0.2) is 0 Å². The fourth-order valence-electron chi connectivity index (χ4n) is 1.73. The summed E-state index contributed by atoms with van der Waals surface area (Å²) >= 11 is 0. The standard InChI is InChI=1S/C10H18N2O3/c1-3-8(13)9(10(14)15-2)12-6-4-11-5-7-12/h9,11H,3-7H2,1-2H3. The fourth-order valence-corrected chi connectivity index (χ4v) is 1.73. The van der Waals surface area contributed by atoms with Gasteiger partial charge in [-0.25, -0.2) is 4.79 Å². The van der Waals surface area contributed by atoms with Gasteiger partial charge in [-0.15, -0.1) is 0 Å². The number of carbonyl (C=O) groups excluding carboxylic acids is 2. The molecular weight excluding hydrogens is 196 g/mol. The zero-order valence-electron chi connectivity index (χ0n) is 9.28. The van der Waals surface area contributed by atoms with Crippen molar-refractivity contribution in [3.8, 4) is 0 Å². The van der Waals surface area contributed by atoms with Crippen LogP contribution in [0, 0.1) is 0 Å². The first-order valence-corrected chi connectivity index (χ1v) is 5.26. The molecule has 0 radical (unpaired) electrons. The molecule has 0 spiro atoms. The molecule has 0 amide bonds. The monoisotopic (exact) mass is 214 g/mol. The van der Waals surface area contributed by atoms with Crippen molar-refractivity contribution in [2.24, 2.45) is 0 Å². The summed E-state index contributed by atoms with van der Waals surface area (Å²) < 4.78 is 4.67. The molecule has 1 rings (SSSR count). The van der Waals surface area contributed by atoms with E-state index in [4.69, 9.17) is 0 Å². The molecule has 5 heteroatoms. The molecule has 15 heavy (non-hydrogen) atoms. The van der Waals surface area contributed by atoms with Crippen molar-refractivity contribution in [2.75, 3.05) is 33.3 Å². The van der Waals surface area contributed by atoms with Crippen LogP contribution >= 0.6 is 0 Å². The maximum absolute atomic E-state index is 11.6. The normalized spacial score (nSPS) is 19.6. The summed E-state index contributed by atoms with van der Waals surface area (Å²) in [5, 5.41) is 3.18. The van der Waals surface area contributed by atoms with Gasteiger partial charge >= 0.3 is 5.97 Å². The molecule has 0 aliphatic carbocycles. The van der Waals surface area contributed by atoms with E-state index in [1.54, 1.807) is 6.92 Å². The summed E-state index contributed by atoms with van der Waals surface area (Å²) in [6.07, 6.45) is 0.365. The average molecular weight is 214 g/mol. The lowest BCUT2D eigenvalue weighted by Crippen LogP contribution is -2.54. The van der Waals surface area contributed by atoms with Gasteiger partial charge in [0.2, 0.25) is 0 Å². The highest BCUT2D eigenvalue weighted by molar-refractivity contribution is 6.02. The molecule has 0 saturated carbocycles. The van der Waals surface area contributed by atoms with E-state index in [1.807, 2.05) is 4.90 Å². The summed E-state index contributed by atoms with van der Waals surface area (Å²) in [6, 6.07) is -0.706. The summed E-state index contributed by atoms with van der Waals surface area (Å²) in [5.74, 6) is -0.507. The Bertz CT molecular complexity index is 221. The van der Waals surface area contributed by atoms with Gasteiger partial charge in [0.05, 0.1) is 7.11 Å². The number of nitrogens with one attached hydrogen (secondary N) is 1. The quantitative estimate of drug-likeness (QED) is 0.501. The first-order valence-electron chi connectivity index (χ1n) is 5.26. The van der Waals surface area contributed by atoms with E-state index >= 15 is 0 Å². The maximum Gasteiger partial charge on any atom is 0.330 e. The number of ether oxygens (including phenoxy) is 1. The molecule has 1 aliphatic heterocycles. The second-order valence-corrected chi connectivity index (χ2v) is 3.53. The van der Waals surface area contributed by atoms with Crippen molar-refractivity contribution in [1.82, 2.24) is 10.2 Å². The molecule has 0 aromatic heterocycles. The average Bonchev–Trinajstić information content (AvgIpc) is 2.30. The van der Waals surface area contributed by atoms with E-state index in [2.05, 4.69) is 10.1 Å². The number of Topliss-reactive ketones (excluding diaryl/α,β-unsaturated/α-hetero) is 1. The van der Waals surface area contributed by atoms with Gasteiger partial charge in [-0.1, -0.05) is 6.92 Å². The number of nitrogens with zero attached hydrogens (tertiary/aromatic N) is 1. The van der Waals surface area contributed by atoms with Crippen LogP contribution in [-0.4, -0.2) is 56.0 Å². The third kappa shape index (κ3) is 3.00. The molecule has 1 saturated heterocycles. The number of piperazine rings is 1. The van der Waals surface area contributed by atoms with Crippen LogP contribution < -0.4 is 5.32 Å². The Labute approximate surface area is 89.8 Å². The molecule has 1 fully saturated rings. The molecule has 0 aromatic rings. The number of ketones is 1. The maximum atomic E-state index is 11.6. The minimum Gasteiger partial charge on any atom is -0.468 e. The first-order chi connectivity index (χ1) is 7.20. The smallest absolute Gasteiger partial charge is 0.330 e. The summed E-state index contributed by atoms with van der Waals surface area (Å²) in [4.78, 5) is 25.0. The molecule has 5 nitrogen and oxygen atoms in total. The van der Waals surface area contributed by atoms with Gasteiger partial charge in [0, 0.05) is 32.6 Å². The van der Waals surface area contributed by atoms with Gasteiger partial charge in [-0.2, -0.15) is 0 Å². The minimum absolute atomic E-state index is 0.0660. The Balaban J connectivity index is 2.69. The lowest BCUT2D eigenvalue weighted by molar-refractivity contribution is -0.151. The number of hydrogen-bond acceptors (Lipinski definition) is 5. The van der Waals surface area contributed by atoms with Crippen LogP contribution in [0.1, 0.15) is 13.3 Å². The SMILES string of the molecule is CCC(=O)C(C(=O)OC)N1CCNCC1. The highest BCUT2D eigenvalue weighted by Gasteiger charge is 2.32. The minimum atomic E-state index is -0.706. The largest absolute Gasteiger partial charge is 0.468 e. The lowest BCUT2D eigenvalue weighted by Gasteiger charge is -2.32. The molecule has 1 N–H and O–H groups in total. The molecule has 86 valence electrons. The van der Waals surface area contributed by atoms with Crippen molar-refractivity contribution < 1.29 is 14.3 Å². The van der Waals surface area contributed by atoms with Gasteiger partial charge in [0.25, 0.3) is 0 Å². The van der Waals surface area contributed by atoms with Gasteiger partial charge in [-0.05, 0) is 0 Å². The van der Waals surface area contributed by atoms with Crippen LogP contribution in [0.5, 0.6) is 0 Å². The first kappa shape index (κ1) is 12.1. The molecule has 1 heterocycles. The lowest BCUT2D eigenvalue weighted by atomic mass is 10.1. The molecule has 1 atom stereocenters. The Morgan fingerprint density at radius 1 is 1.40 bits per heavy atom. The number of esters is 1. The van der Waals surface area contributed by atoms with Crippen LogP contribution in [-0.2, 0) is 14.3 Å². The predicted molar refractivity (Wildman–Crippen MR) is 55.5 cm³/mol. The van der Waals surface area contributed by atoms with Crippen LogP contribution in [0.25, 0.3) is 0 Å². The van der Waals surface area contributed by atoms with E-state index in [0.717, 1.165) is 13.1 Å².